The van der Waals surface area contributed by atoms with E-state index in [1.54, 1.807) is 50.4 Å². The largest absolute Gasteiger partial charge is 0.497 e. The third-order valence-electron chi connectivity index (χ3n) is 3.36. The van der Waals surface area contributed by atoms with E-state index in [2.05, 4.69) is 5.32 Å². The summed E-state index contributed by atoms with van der Waals surface area (Å²) in [4.78, 5) is 23.5. The molecule has 2 aromatic rings. The van der Waals surface area contributed by atoms with Crippen LogP contribution < -0.4 is 10.1 Å². The van der Waals surface area contributed by atoms with Crippen molar-refractivity contribution in [3.05, 3.63) is 59.7 Å². The maximum Gasteiger partial charge on any atom is 0.315 e. The Hall–Kier alpha value is -2.47. The number of amides is 1. The molecule has 0 radical (unpaired) electrons. The highest BCUT2D eigenvalue weighted by Crippen LogP contribution is 2.17. The third kappa shape index (κ3) is 6.15. The predicted molar refractivity (Wildman–Crippen MR) is 100 cm³/mol. The summed E-state index contributed by atoms with van der Waals surface area (Å²) in [5, 5.41) is 2.84. The maximum atomic E-state index is 12.2. The van der Waals surface area contributed by atoms with Gasteiger partial charge in [0, 0.05) is 17.0 Å². The number of carbonyl (C=O) groups is 2. The van der Waals surface area contributed by atoms with Crippen LogP contribution in [0.1, 0.15) is 22.8 Å². The van der Waals surface area contributed by atoms with Crippen molar-refractivity contribution in [3.8, 4) is 5.75 Å². The van der Waals surface area contributed by atoms with Crippen LogP contribution in [0.4, 0.5) is 5.69 Å². The molecule has 0 spiro atoms. The van der Waals surface area contributed by atoms with Gasteiger partial charge in [-0.25, -0.2) is 0 Å². The van der Waals surface area contributed by atoms with E-state index in [-0.39, 0.29) is 11.9 Å². The number of carbonyl (C=O) groups excluding carboxylic acids is 2. The molecule has 0 fully saturated rings. The summed E-state index contributed by atoms with van der Waals surface area (Å²) in [7, 11) is 1.60. The van der Waals surface area contributed by atoms with Gasteiger partial charge in [-0.15, -0.1) is 11.8 Å². The Morgan fingerprint density at radius 1 is 1.04 bits per heavy atom. The third-order valence-corrected chi connectivity index (χ3v) is 4.34. The van der Waals surface area contributed by atoms with Gasteiger partial charge >= 0.3 is 5.97 Å². The average Bonchev–Trinajstić information content (AvgIpc) is 2.63. The topological polar surface area (TPSA) is 64.6 Å². The van der Waals surface area contributed by atoms with Crippen molar-refractivity contribution in [2.24, 2.45) is 0 Å². The maximum absolute atomic E-state index is 12.2. The molecule has 0 bridgehead atoms. The zero-order valence-corrected chi connectivity index (χ0v) is 15.1. The van der Waals surface area contributed by atoms with E-state index < -0.39 is 0 Å². The Bertz CT molecular complexity index is 698. The Kier molecular flexibility index (Phi) is 7.35. The highest BCUT2D eigenvalue weighted by molar-refractivity contribution is 7.99. The van der Waals surface area contributed by atoms with Gasteiger partial charge in [0.25, 0.3) is 5.91 Å². The molecule has 0 aliphatic carbocycles. The minimum atomic E-state index is -0.206. The lowest BCUT2D eigenvalue weighted by atomic mass is 10.1. The summed E-state index contributed by atoms with van der Waals surface area (Å²) >= 11 is 1.49. The van der Waals surface area contributed by atoms with Crippen LogP contribution in [0.2, 0.25) is 0 Å². The van der Waals surface area contributed by atoms with Crippen LogP contribution in [-0.2, 0) is 15.3 Å². The van der Waals surface area contributed by atoms with Gasteiger partial charge in [-0.2, -0.15) is 0 Å². The SMILES string of the molecule is CCOC(=O)CSCc1ccc(C(=O)Nc2ccc(OC)cc2)cc1. The molecule has 0 heterocycles. The first kappa shape index (κ1) is 18.9. The van der Waals surface area contributed by atoms with Crippen molar-refractivity contribution in [3.63, 3.8) is 0 Å². The summed E-state index contributed by atoms with van der Waals surface area (Å²) < 4.78 is 9.97. The normalized spacial score (nSPS) is 10.2. The summed E-state index contributed by atoms with van der Waals surface area (Å²) in [6.07, 6.45) is 0. The van der Waals surface area contributed by atoms with Crippen LogP contribution in [0.25, 0.3) is 0 Å². The molecular formula is C19H21NO4S. The number of hydrogen-bond acceptors (Lipinski definition) is 5. The number of thioether (sulfide) groups is 1. The zero-order chi connectivity index (χ0) is 18.1. The lowest BCUT2D eigenvalue weighted by Crippen LogP contribution is -2.11. The molecule has 132 valence electrons. The van der Waals surface area contributed by atoms with E-state index >= 15 is 0 Å². The van der Waals surface area contributed by atoms with E-state index in [4.69, 9.17) is 9.47 Å². The smallest absolute Gasteiger partial charge is 0.315 e. The van der Waals surface area contributed by atoms with Crippen LogP contribution >= 0.6 is 11.8 Å². The van der Waals surface area contributed by atoms with Crippen molar-refractivity contribution < 1.29 is 19.1 Å². The van der Waals surface area contributed by atoms with Gasteiger partial charge in [0.15, 0.2) is 0 Å². The van der Waals surface area contributed by atoms with Gasteiger partial charge in [-0.3, -0.25) is 9.59 Å². The highest BCUT2D eigenvalue weighted by Gasteiger charge is 2.07. The molecule has 0 saturated heterocycles. The Balaban J connectivity index is 1.85. The quantitative estimate of drug-likeness (QED) is 0.727. The number of nitrogens with one attached hydrogen (secondary N) is 1. The second-order valence-electron chi connectivity index (χ2n) is 5.18. The Labute approximate surface area is 151 Å². The fourth-order valence-electron chi connectivity index (χ4n) is 2.08. The monoisotopic (exact) mass is 359 g/mol. The van der Waals surface area contributed by atoms with Crippen LogP contribution in [0.3, 0.4) is 0 Å². The van der Waals surface area contributed by atoms with Crippen LogP contribution in [0.15, 0.2) is 48.5 Å². The first-order valence-electron chi connectivity index (χ1n) is 7.90. The van der Waals surface area contributed by atoms with Crippen molar-refractivity contribution >= 4 is 29.3 Å². The van der Waals surface area contributed by atoms with Crippen LogP contribution in [0.5, 0.6) is 5.75 Å². The van der Waals surface area contributed by atoms with Crippen molar-refractivity contribution in [1.82, 2.24) is 0 Å². The molecule has 0 aliphatic rings. The molecule has 6 heteroatoms. The molecule has 0 aliphatic heterocycles. The molecule has 0 aromatic heterocycles. The summed E-state index contributed by atoms with van der Waals surface area (Å²) in [5.74, 6) is 1.38. The average molecular weight is 359 g/mol. The minimum absolute atomic E-state index is 0.170. The lowest BCUT2D eigenvalue weighted by Gasteiger charge is -2.07. The van der Waals surface area contributed by atoms with E-state index in [1.807, 2.05) is 12.1 Å². The fraction of sp³-hybridized carbons (Fsp3) is 0.263. The lowest BCUT2D eigenvalue weighted by molar-refractivity contribution is -0.139. The summed E-state index contributed by atoms with van der Waals surface area (Å²) in [6, 6.07) is 14.5. The Morgan fingerprint density at radius 3 is 2.32 bits per heavy atom. The van der Waals surface area contributed by atoms with E-state index in [0.717, 1.165) is 11.3 Å². The first-order valence-corrected chi connectivity index (χ1v) is 9.05. The summed E-state index contributed by atoms with van der Waals surface area (Å²) in [5.41, 5.74) is 2.34. The molecule has 1 N–H and O–H groups in total. The van der Waals surface area contributed by atoms with Crippen LogP contribution in [0, 0.1) is 0 Å². The molecule has 25 heavy (non-hydrogen) atoms. The molecule has 1 amide bonds. The molecule has 2 aromatic carbocycles. The molecule has 0 unspecified atom stereocenters. The van der Waals surface area contributed by atoms with Gasteiger partial charge in [0.2, 0.25) is 0 Å². The number of ether oxygens (including phenoxy) is 2. The number of benzene rings is 2. The number of anilines is 1. The van der Waals surface area contributed by atoms with E-state index in [0.29, 0.717) is 29.4 Å². The number of hydrogen-bond donors (Lipinski definition) is 1. The number of esters is 1. The van der Waals surface area contributed by atoms with E-state index in [9.17, 15) is 9.59 Å². The van der Waals surface area contributed by atoms with Crippen molar-refractivity contribution in [2.75, 3.05) is 24.8 Å². The zero-order valence-electron chi connectivity index (χ0n) is 14.3. The molecule has 2 rings (SSSR count). The standard InChI is InChI=1S/C19H21NO4S/c1-3-24-18(21)13-25-12-14-4-6-15(7-5-14)19(22)20-16-8-10-17(23-2)11-9-16/h4-11H,3,12-13H2,1-2H3,(H,20,22). The molecular weight excluding hydrogens is 338 g/mol. The van der Waals surface area contributed by atoms with E-state index in [1.165, 1.54) is 11.8 Å². The predicted octanol–water partition coefficient (Wildman–Crippen LogP) is 3.74. The highest BCUT2D eigenvalue weighted by atomic mass is 32.2. The van der Waals surface area contributed by atoms with Crippen LogP contribution in [-0.4, -0.2) is 31.3 Å². The van der Waals surface area contributed by atoms with Gasteiger partial charge < -0.3 is 14.8 Å². The van der Waals surface area contributed by atoms with Crippen molar-refractivity contribution in [2.45, 2.75) is 12.7 Å². The first-order chi connectivity index (χ1) is 12.1. The second kappa shape index (κ2) is 9.74. The number of methoxy groups -OCH3 is 1. The van der Waals surface area contributed by atoms with Gasteiger partial charge in [0.05, 0.1) is 19.5 Å². The van der Waals surface area contributed by atoms with Gasteiger partial charge in [-0.05, 0) is 48.9 Å². The Morgan fingerprint density at radius 2 is 1.72 bits per heavy atom. The second-order valence-corrected chi connectivity index (χ2v) is 6.16. The van der Waals surface area contributed by atoms with Gasteiger partial charge in [0.1, 0.15) is 5.75 Å². The molecule has 0 saturated carbocycles. The summed E-state index contributed by atoms with van der Waals surface area (Å²) in [6.45, 7) is 2.19. The van der Waals surface area contributed by atoms with Gasteiger partial charge in [-0.1, -0.05) is 12.1 Å². The molecule has 5 nitrogen and oxygen atoms in total. The minimum Gasteiger partial charge on any atom is -0.497 e. The molecule has 0 atom stereocenters. The number of rotatable bonds is 8. The fourth-order valence-corrected chi connectivity index (χ4v) is 2.87. The van der Waals surface area contributed by atoms with Crippen molar-refractivity contribution in [1.29, 1.82) is 0 Å².